The van der Waals surface area contributed by atoms with Crippen molar-refractivity contribution < 1.29 is 29.7 Å². The summed E-state index contributed by atoms with van der Waals surface area (Å²) in [5.74, 6) is 0. The Morgan fingerprint density at radius 3 is 1.53 bits per heavy atom. The Morgan fingerprint density at radius 2 is 1.10 bits per heavy atom. The van der Waals surface area contributed by atoms with Gasteiger partial charge in [0.15, 0.2) is 12.4 Å². The fourth-order valence-corrected chi connectivity index (χ4v) is 2.40. The summed E-state index contributed by atoms with van der Waals surface area (Å²) in [6, 6.07) is 23.1. The van der Waals surface area contributed by atoms with Gasteiger partial charge in [-0.15, -0.1) is 0 Å². The molecule has 3 aromatic rings. The predicted molar refractivity (Wildman–Crippen MR) is 111 cm³/mol. The van der Waals surface area contributed by atoms with E-state index in [4.69, 9.17) is 0 Å². The van der Waals surface area contributed by atoms with Crippen LogP contribution in [0.3, 0.4) is 0 Å². The van der Waals surface area contributed by atoms with Crippen molar-refractivity contribution in [2.75, 3.05) is 19.0 Å². The van der Waals surface area contributed by atoms with Crippen LogP contribution in [-0.2, 0) is 0 Å². The van der Waals surface area contributed by atoms with E-state index in [9.17, 15) is 25.2 Å². The molecule has 0 radical (unpaired) electrons. The second-order valence-electron chi connectivity index (χ2n) is 6.65. The van der Waals surface area contributed by atoms with Crippen LogP contribution < -0.4 is 9.47 Å². The van der Waals surface area contributed by atoms with E-state index in [1.54, 1.807) is 0 Å². The third-order valence-electron chi connectivity index (χ3n) is 3.79. The van der Waals surface area contributed by atoms with Crippen molar-refractivity contribution in [2.24, 2.45) is 0 Å². The SMILES string of the molecule is CN(C)c1ccc(/C=C/c2cc[n+](-c3ccccc3)cc2)cc1.F[P-](F)(F)(F)(F)F. The Balaban J connectivity index is 0.000000396. The Labute approximate surface area is 170 Å². The number of para-hydroxylation sites is 1. The first-order valence-electron chi connectivity index (χ1n) is 8.76. The number of halogens is 6. The zero-order valence-corrected chi connectivity index (χ0v) is 17.2. The topological polar surface area (TPSA) is 7.12 Å². The number of aromatic nitrogens is 1. The number of pyridine rings is 1. The van der Waals surface area contributed by atoms with Gasteiger partial charge in [-0.05, 0) is 23.3 Å². The standard InChI is InChI=1S/C21H21N2.F6P/c1-22(2)20-12-10-18(11-13-20)8-9-19-14-16-23(17-15-19)21-6-4-3-5-7-21;1-7(2,3,4,5)6/h3-17H,1-2H3;/q+1;-1. The summed E-state index contributed by atoms with van der Waals surface area (Å²) in [5.41, 5.74) is 4.78. The number of anilines is 1. The molecule has 0 amide bonds. The minimum atomic E-state index is -10.7. The molecule has 1 aromatic heterocycles. The second-order valence-corrected chi connectivity index (χ2v) is 8.57. The summed E-state index contributed by atoms with van der Waals surface area (Å²) in [5, 5.41) is 0. The fourth-order valence-electron chi connectivity index (χ4n) is 2.40. The molecule has 0 N–H and O–H groups in total. The summed E-state index contributed by atoms with van der Waals surface area (Å²) >= 11 is 0. The molecule has 2 nitrogen and oxygen atoms in total. The van der Waals surface area contributed by atoms with Gasteiger partial charge in [0, 0.05) is 44.0 Å². The average molecular weight is 446 g/mol. The molecule has 0 unspecified atom stereocenters. The van der Waals surface area contributed by atoms with Gasteiger partial charge in [0.05, 0.1) is 0 Å². The maximum absolute atomic E-state index is 10.7. The van der Waals surface area contributed by atoms with Crippen molar-refractivity contribution in [3.8, 4) is 5.69 Å². The number of rotatable bonds is 4. The van der Waals surface area contributed by atoms with E-state index in [0.29, 0.717) is 0 Å². The van der Waals surface area contributed by atoms with Crippen molar-refractivity contribution >= 4 is 25.6 Å². The molecule has 0 saturated carbocycles. The van der Waals surface area contributed by atoms with Crippen LogP contribution in [-0.4, -0.2) is 14.1 Å². The van der Waals surface area contributed by atoms with E-state index >= 15 is 0 Å². The van der Waals surface area contributed by atoms with E-state index in [-0.39, 0.29) is 0 Å². The number of hydrogen-bond donors (Lipinski definition) is 0. The molecule has 9 heteroatoms. The van der Waals surface area contributed by atoms with Crippen LogP contribution in [0.15, 0.2) is 79.1 Å². The molecule has 30 heavy (non-hydrogen) atoms. The van der Waals surface area contributed by atoms with Gasteiger partial charge in [-0.25, -0.2) is 0 Å². The van der Waals surface area contributed by atoms with Crippen LogP contribution in [0.2, 0.25) is 0 Å². The first-order valence-corrected chi connectivity index (χ1v) is 10.8. The molecule has 0 aliphatic heterocycles. The molecule has 0 spiro atoms. The van der Waals surface area contributed by atoms with Crippen LogP contribution >= 0.6 is 7.81 Å². The zero-order valence-electron chi connectivity index (χ0n) is 16.3. The molecule has 2 aromatic carbocycles. The van der Waals surface area contributed by atoms with Gasteiger partial charge in [-0.3, -0.25) is 0 Å². The fraction of sp³-hybridized carbons (Fsp3) is 0.0952. The van der Waals surface area contributed by atoms with Crippen LogP contribution in [0, 0.1) is 0 Å². The Kier molecular flexibility index (Phi) is 6.33. The normalized spacial score (nSPS) is 13.7. The van der Waals surface area contributed by atoms with Crippen molar-refractivity contribution in [1.82, 2.24) is 0 Å². The van der Waals surface area contributed by atoms with Crippen molar-refractivity contribution in [2.45, 2.75) is 0 Å². The molecule has 162 valence electrons. The Hall–Kier alpha value is -2.86. The first kappa shape index (κ1) is 23.4. The van der Waals surface area contributed by atoms with E-state index in [1.165, 1.54) is 22.5 Å². The van der Waals surface area contributed by atoms with Gasteiger partial charge in [0.2, 0.25) is 5.69 Å². The van der Waals surface area contributed by atoms with Gasteiger partial charge < -0.3 is 4.90 Å². The van der Waals surface area contributed by atoms with Crippen LogP contribution in [0.25, 0.3) is 17.8 Å². The molecule has 0 aliphatic carbocycles. The molecule has 0 atom stereocenters. The summed E-state index contributed by atoms with van der Waals surface area (Å²) < 4.78 is 61.3. The Morgan fingerprint density at radius 1 is 0.667 bits per heavy atom. The Bertz CT molecular complexity index is 971. The van der Waals surface area contributed by atoms with E-state index in [2.05, 4.69) is 96.6 Å². The first-order chi connectivity index (χ1) is 13.7. The van der Waals surface area contributed by atoms with Crippen LogP contribution in [0.1, 0.15) is 11.1 Å². The van der Waals surface area contributed by atoms with Gasteiger partial charge in [0.1, 0.15) is 0 Å². The molecule has 3 rings (SSSR count). The van der Waals surface area contributed by atoms with Crippen molar-refractivity contribution in [1.29, 1.82) is 0 Å². The zero-order chi connectivity index (χ0) is 22.5. The molecular weight excluding hydrogens is 425 g/mol. The second kappa shape index (κ2) is 8.11. The molecule has 0 fully saturated rings. The van der Waals surface area contributed by atoms with Gasteiger partial charge in [0.25, 0.3) is 0 Å². The van der Waals surface area contributed by atoms with Gasteiger partial charge in [-0.1, -0.05) is 42.5 Å². The van der Waals surface area contributed by atoms with Crippen LogP contribution in [0.5, 0.6) is 0 Å². The monoisotopic (exact) mass is 446 g/mol. The molecule has 0 bridgehead atoms. The van der Waals surface area contributed by atoms with E-state index in [0.717, 1.165) is 0 Å². The third kappa shape index (κ3) is 10.1. The van der Waals surface area contributed by atoms with Crippen LogP contribution in [0.4, 0.5) is 30.9 Å². The summed E-state index contributed by atoms with van der Waals surface area (Å²) in [6.07, 6.45) is 8.45. The number of benzene rings is 2. The van der Waals surface area contributed by atoms with Crippen molar-refractivity contribution in [3.63, 3.8) is 0 Å². The minimum absolute atomic E-state index is 1.17. The summed E-state index contributed by atoms with van der Waals surface area (Å²) in [4.78, 5) is 2.10. The summed E-state index contributed by atoms with van der Waals surface area (Å²) in [6.45, 7) is 0. The maximum atomic E-state index is 9.87. The van der Waals surface area contributed by atoms with Gasteiger partial charge in [-0.2, -0.15) is 4.57 Å². The quantitative estimate of drug-likeness (QED) is 0.228. The van der Waals surface area contributed by atoms with Gasteiger partial charge >= 0.3 is 33.0 Å². The van der Waals surface area contributed by atoms with E-state index < -0.39 is 7.81 Å². The molecule has 1 heterocycles. The van der Waals surface area contributed by atoms with E-state index in [1.807, 2.05) is 18.2 Å². The molecule has 0 saturated heterocycles. The summed E-state index contributed by atoms with van der Waals surface area (Å²) in [7, 11) is -6.55. The molecular formula is C21H21F6N2P. The third-order valence-corrected chi connectivity index (χ3v) is 3.79. The predicted octanol–water partition coefficient (Wildman–Crippen LogP) is 7.58. The average Bonchev–Trinajstić information content (AvgIpc) is 2.65. The number of hydrogen-bond acceptors (Lipinski definition) is 1. The van der Waals surface area contributed by atoms with Crippen molar-refractivity contribution in [3.05, 3.63) is 90.3 Å². The molecule has 0 aliphatic rings. The number of nitrogens with zero attached hydrogens (tertiary/aromatic N) is 2.